The number of hydrogen-bond donors (Lipinski definition) is 1. The van der Waals surface area contributed by atoms with Gasteiger partial charge in [0.25, 0.3) is 5.91 Å². The van der Waals surface area contributed by atoms with E-state index in [1.54, 1.807) is 24.3 Å². The molecular weight excluding hydrogens is 386 g/mol. The normalized spacial score (nSPS) is 16.6. The molecular formula is C22H27N3O3S. The topological polar surface area (TPSA) is 84.1 Å². The van der Waals surface area contributed by atoms with Crippen LogP contribution in [-0.4, -0.2) is 28.1 Å². The van der Waals surface area contributed by atoms with Crippen molar-refractivity contribution >= 4 is 23.2 Å². The standard InChI is InChI=1S/C22H27N3O3S/c1-15-12-19(16(2)25(15)13-18-8-7-11-29-18)21(27)28-17(3)20(26)24-22(14-23)9-5-4-6-10-22/h7-8,11-12,17H,4-6,9-10,13H2,1-3H3,(H,24,26)/t17-/m0/s1. The quantitative estimate of drug-likeness (QED) is 0.723. The van der Waals surface area contributed by atoms with Crippen molar-refractivity contribution in [3.05, 3.63) is 45.4 Å². The van der Waals surface area contributed by atoms with E-state index in [1.807, 2.05) is 25.3 Å². The van der Waals surface area contributed by atoms with Gasteiger partial charge >= 0.3 is 5.97 Å². The third-order valence-corrected chi connectivity index (χ3v) is 6.49. The Morgan fingerprint density at radius 1 is 1.34 bits per heavy atom. The lowest BCUT2D eigenvalue weighted by Gasteiger charge is -2.32. The highest BCUT2D eigenvalue weighted by Gasteiger charge is 2.35. The van der Waals surface area contributed by atoms with Gasteiger partial charge in [-0.25, -0.2) is 4.79 Å². The van der Waals surface area contributed by atoms with Gasteiger partial charge < -0.3 is 14.6 Å². The summed E-state index contributed by atoms with van der Waals surface area (Å²) in [7, 11) is 0. The number of hydrogen-bond acceptors (Lipinski definition) is 5. The third-order valence-electron chi connectivity index (χ3n) is 5.62. The van der Waals surface area contributed by atoms with Gasteiger partial charge in [0.05, 0.1) is 18.2 Å². The molecule has 1 amide bonds. The first-order valence-electron chi connectivity index (χ1n) is 9.98. The minimum atomic E-state index is -0.963. The zero-order chi connectivity index (χ0) is 21.0. The number of nitrogens with zero attached hydrogens (tertiary/aromatic N) is 2. The molecule has 2 aromatic rings. The van der Waals surface area contributed by atoms with Crippen molar-refractivity contribution in [3.63, 3.8) is 0 Å². The molecule has 0 spiro atoms. The van der Waals surface area contributed by atoms with Crippen molar-refractivity contribution in [2.24, 2.45) is 0 Å². The Morgan fingerprint density at radius 3 is 2.69 bits per heavy atom. The predicted molar refractivity (Wildman–Crippen MR) is 112 cm³/mol. The summed E-state index contributed by atoms with van der Waals surface area (Å²) in [4.78, 5) is 26.5. The monoisotopic (exact) mass is 413 g/mol. The average molecular weight is 414 g/mol. The summed E-state index contributed by atoms with van der Waals surface area (Å²) in [5.41, 5.74) is 1.40. The van der Waals surface area contributed by atoms with Crippen LogP contribution in [0.15, 0.2) is 23.6 Å². The summed E-state index contributed by atoms with van der Waals surface area (Å²) in [6.45, 7) is 6.08. The molecule has 1 saturated carbocycles. The van der Waals surface area contributed by atoms with Crippen molar-refractivity contribution in [2.45, 2.75) is 71.1 Å². The molecule has 0 unspecified atom stereocenters. The van der Waals surface area contributed by atoms with Gasteiger partial charge in [-0.15, -0.1) is 11.3 Å². The fourth-order valence-corrected chi connectivity index (χ4v) is 4.54. The molecule has 2 aromatic heterocycles. The minimum Gasteiger partial charge on any atom is -0.449 e. The van der Waals surface area contributed by atoms with Crippen molar-refractivity contribution in [2.75, 3.05) is 0 Å². The summed E-state index contributed by atoms with van der Waals surface area (Å²) in [5.74, 6) is -0.943. The van der Waals surface area contributed by atoms with Gasteiger partial charge in [-0.3, -0.25) is 4.79 Å². The minimum absolute atomic E-state index is 0.422. The maximum atomic E-state index is 12.7. The molecule has 1 aliphatic rings. The molecule has 3 rings (SSSR count). The molecule has 154 valence electrons. The Hall–Kier alpha value is -2.59. The number of carbonyl (C=O) groups is 2. The van der Waals surface area contributed by atoms with Crippen molar-refractivity contribution in [3.8, 4) is 6.07 Å². The van der Waals surface area contributed by atoms with Crippen LogP contribution in [0.5, 0.6) is 0 Å². The Balaban J connectivity index is 1.66. The number of aromatic nitrogens is 1. The van der Waals surface area contributed by atoms with Gasteiger partial charge in [0.1, 0.15) is 5.54 Å². The SMILES string of the molecule is Cc1cc(C(=O)O[C@@H](C)C(=O)NC2(C#N)CCCCC2)c(C)n1Cc1cccs1. The van der Waals surface area contributed by atoms with E-state index < -0.39 is 23.5 Å². The summed E-state index contributed by atoms with van der Waals surface area (Å²) >= 11 is 1.67. The molecule has 0 saturated heterocycles. The van der Waals surface area contributed by atoms with Gasteiger partial charge in [0.2, 0.25) is 0 Å². The largest absolute Gasteiger partial charge is 0.449 e. The van der Waals surface area contributed by atoms with Crippen LogP contribution >= 0.6 is 11.3 Å². The molecule has 6 nitrogen and oxygen atoms in total. The van der Waals surface area contributed by atoms with Crippen molar-refractivity contribution in [1.29, 1.82) is 5.26 Å². The molecule has 7 heteroatoms. The highest BCUT2D eigenvalue weighted by molar-refractivity contribution is 7.09. The smallest absolute Gasteiger partial charge is 0.340 e. The molecule has 1 N–H and O–H groups in total. The molecule has 0 radical (unpaired) electrons. The number of nitriles is 1. The second-order valence-electron chi connectivity index (χ2n) is 7.74. The van der Waals surface area contributed by atoms with E-state index >= 15 is 0 Å². The van der Waals surface area contributed by atoms with Crippen LogP contribution in [-0.2, 0) is 16.1 Å². The lowest BCUT2D eigenvalue weighted by molar-refractivity contribution is -0.130. The Bertz CT molecular complexity index is 918. The zero-order valence-electron chi connectivity index (χ0n) is 17.2. The third kappa shape index (κ3) is 4.70. The van der Waals surface area contributed by atoms with E-state index in [-0.39, 0.29) is 0 Å². The number of aryl methyl sites for hydroxylation is 1. The fraction of sp³-hybridized carbons (Fsp3) is 0.500. The van der Waals surface area contributed by atoms with Crippen LogP contribution in [0, 0.1) is 25.2 Å². The van der Waals surface area contributed by atoms with Gasteiger partial charge in [0.15, 0.2) is 6.10 Å². The number of carbonyl (C=O) groups excluding carboxylic acids is 2. The van der Waals surface area contributed by atoms with Gasteiger partial charge in [0, 0.05) is 16.3 Å². The molecule has 1 atom stereocenters. The van der Waals surface area contributed by atoms with Crippen LogP contribution in [0.1, 0.15) is 65.7 Å². The van der Waals surface area contributed by atoms with E-state index in [9.17, 15) is 14.9 Å². The highest BCUT2D eigenvalue weighted by atomic mass is 32.1. The molecule has 0 bridgehead atoms. The summed E-state index contributed by atoms with van der Waals surface area (Å²) in [6, 6.07) is 8.12. The number of ether oxygens (including phenoxy) is 1. The van der Waals surface area contributed by atoms with Crippen molar-refractivity contribution < 1.29 is 14.3 Å². The highest BCUT2D eigenvalue weighted by Crippen LogP contribution is 2.28. The summed E-state index contributed by atoms with van der Waals surface area (Å²) < 4.78 is 7.51. The average Bonchev–Trinajstić information content (AvgIpc) is 3.32. The first kappa shape index (κ1) is 21.1. The van der Waals surface area contributed by atoms with Gasteiger partial charge in [-0.1, -0.05) is 25.3 Å². The fourth-order valence-electron chi connectivity index (χ4n) is 3.84. The number of thiophene rings is 1. The molecule has 2 heterocycles. The lowest BCUT2D eigenvalue weighted by Crippen LogP contribution is -2.52. The van der Waals surface area contributed by atoms with E-state index in [2.05, 4.69) is 22.0 Å². The van der Waals surface area contributed by atoms with E-state index in [1.165, 1.54) is 4.88 Å². The van der Waals surface area contributed by atoms with E-state index in [0.29, 0.717) is 24.9 Å². The first-order valence-corrected chi connectivity index (χ1v) is 10.9. The lowest BCUT2D eigenvalue weighted by atomic mass is 9.83. The molecule has 0 aliphatic heterocycles. The van der Waals surface area contributed by atoms with Crippen molar-refractivity contribution in [1.82, 2.24) is 9.88 Å². The Morgan fingerprint density at radius 2 is 2.07 bits per heavy atom. The number of rotatable bonds is 6. The van der Waals surface area contributed by atoms with Crippen LogP contribution < -0.4 is 5.32 Å². The molecule has 1 fully saturated rings. The van der Waals surface area contributed by atoms with Crippen LogP contribution in [0.2, 0.25) is 0 Å². The van der Waals surface area contributed by atoms with Gasteiger partial charge in [-0.05, 0) is 51.1 Å². The number of esters is 1. The maximum absolute atomic E-state index is 12.7. The van der Waals surface area contributed by atoms with Crippen LogP contribution in [0.25, 0.3) is 0 Å². The molecule has 29 heavy (non-hydrogen) atoms. The molecule has 0 aromatic carbocycles. The van der Waals surface area contributed by atoms with Crippen LogP contribution in [0.4, 0.5) is 0 Å². The number of amides is 1. The second kappa shape index (κ2) is 8.83. The number of nitrogens with one attached hydrogen (secondary N) is 1. The summed E-state index contributed by atoms with van der Waals surface area (Å²) in [6.07, 6.45) is 3.22. The van der Waals surface area contributed by atoms with E-state index in [4.69, 9.17) is 4.74 Å². The van der Waals surface area contributed by atoms with Crippen LogP contribution in [0.3, 0.4) is 0 Å². The zero-order valence-corrected chi connectivity index (χ0v) is 18.0. The Kier molecular flexibility index (Phi) is 6.43. The van der Waals surface area contributed by atoms with E-state index in [0.717, 1.165) is 30.7 Å². The first-order chi connectivity index (χ1) is 13.8. The molecule has 1 aliphatic carbocycles. The summed E-state index contributed by atoms with van der Waals surface area (Å²) in [5, 5.41) is 14.4. The van der Waals surface area contributed by atoms with Gasteiger partial charge in [-0.2, -0.15) is 5.26 Å². The second-order valence-corrected chi connectivity index (χ2v) is 8.77. The maximum Gasteiger partial charge on any atom is 0.340 e. The predicted octanol–water partition coefficient (Wildman–Crippen LogP) is 4.10. The Labute approximate surface area is 175 Å².